The number of rotatable bonds is 5. The zero-order valence-electron chi connectivity index (χ0n) is 12.4. The summed E-state index contributed by atoms with van der Waals surface area (Å²) in [4.78, 5) is 23.8. The minimum absolute atomic E-state index is 0.178. The average Bonchev–Trinajstić information content (AvgIpc) is 3.02. The Morgan fingerprint density at radius 2 is 1.92 bits per heavy atom. The fourth-order valence-electron chi connectivity index (χ4n) is 1.64. The molecule has 0 saturated heterocycles. The van der Waals surface area contributed by atoms with E-state index in [4.69, 9.17) is 0 Å². The van der Waals surface area contributed by atoms with Crippen molar-refractivity contribution in [1.82, 2.24) is 25.5 Å². The van der Waals surface area contributed by atoms with Crippen LogP contribution in [0.3, 0.4) is 0 Å². The Hall–Kier alpha value is -2.98. The molecular formula is C13H12F3N5O3. The van der Waals surface area contributed by atoms with Crippen LogP contribution in [0.1, 0.15) is 23.1 Å². The Bertz CT molecular complexity index is 727. The van der Waals surface area contributed by atoms with Gasteiger partial charge in [0.25, 0.3) is 11.7 Å². The number of halogens is 3. The lowest BCUT2D eigenvalue weighted by Gasteiger charge is -2.06. The summed E-state index contributed by atoms with van der Waals surface area (Å²) < 4.78 is 42.1. The first-order chi connectivity index (χ1) is 11.3. The van der Waals surface area contributed by atoms with Crippen LogP contribution in [-0.2, 0) is 15.7 Å². The molecule has 0 aliphatic carbocycles. The number of hydrogen-bond acceptors (Lipinski definition) is 6. The third-order valence-corrected chi connectivity index (χ3v) is 2.74. The van der Waals surface area contributed by atoms with Gasteiger partial charge in [-0.15, -0.1) is 15.0 Å². The van der Waals surface area contributed by atoms with E-state index < -0.39 is 23.6 Å². The van der Waals surface area contributed by atoms with Crippen LogP contribution >= 0.6 is 0 Å². The number of nitrogens with one attached hydrogen (secondary N) is 1. The highest BCUT2D eigenvalue weighted by molar-refractivity contribution is 5.92. The molecule has 24 heavy (non-hydrogen) atoms. The standard InChI is InChI=1S/C13H12F3N5O3/c1-2-24-10(22)7-17-12(23)11-18-20-21(19-11)9-5-3-8(4-6-9)13(14,15)16/h3-6H,2,7H2,1H3,(H,17,23). The number of esters is 1. The topological polar surface area (TPSA) is 99.0 Å². The van der Waals surface area contributed by atoms with Crippen LogP contribution in [0.2, 0.25) is 0 Å². The summed E-state index contributed by atoms with van der Waals surface area (Å²) in [5.74, 6) is -1.72. The minimum atomic E-state index is -4.45. The maximum absolute atomic E-state index is 12.5. The molecule has 2 aromatic rings. The molecule has 1 N–H and O–H groups in total. The largest absolute Gasteiger partial charge is 0.465 e. The summed E-state index contributed by atoms with van der Waals surface area (Å²) >= 11 is 0. The number of nitrogens with zero attached hydrogens (tertiary/aromatic N) is 4. The van der Waals surface area contributed by atoms with Gasteiger partial charge in [0.1, 0.15) is 6.54 Å². The van der Waals surface area contributed by atoms with Crippen molar-refractivity contribution in [2.45, 2.75) is 13.1 Å². The molecule has 1 aromatic carbocycles. The van der Waals surface area contributed by atoms with Crippen LogP contribution in [0.15, 0.2) is 24.3 Å². The predicted molar refractivity (Wildman–Crippen MR) is 73.1 cm³/mol. The van der Waals surface area contributed by atoms with Gasteiger partial charge in [-0.2, -0.15) is 13.2 Å². The summed E-state index contributed by atoms with van der Waals surface area (Å²) in [7, 11) is 0. The van der Waals surface area contributed by atoms with E-state index in [1.165, 1.54) is 0 Å². The molecule has 0 bridgehead atoms. The van der Waals surface area contributed by atoms with Gasteiger partial charge in [0.2, 0.25) is 0 Å². The molecule has 0 saturated carbocycles. The number of ether oxygens (including phenoxy) is 1. The van der Waals surface area contributed by atoms with Gasteiger partial charge in [-0.25, -0.2) is 0 Å². The number of benzene rings is 1. The van der Waals surface area contributed by atoms with Crippen molar-refractivity contribution in [2.75, 3.05) is 13.2 Å². The predicted octanol–water partition coefficient (Wildman–Crippen LogP) is 0.974. The highest BCUT2D eigenvalue weighted by Crippen LogP contribution is 2.29. The molecular weight excluding hydrogens is 331 g/mol. The summed E-state index contributed by atoms with van der Waals surface area (Å²) in [6, 6.07) is 4.01. The Balaban J connectivity index is 2.05. The first-order valence-electron chi connectivity index (χ1n) is 6.72. The van der Waals surface area contributed by atoms with Gasteiger partial charge in [0.15, 0.2) is 0 Å². The van der Waals surface area contributed by atoms with Crippen molar-refractivity contribution in [3.05, 3.63) is 35.7 Å². The van der Waals surface area contributed by atoms with Crippen LogP contribution in [0, 0.1) is 0 Å². The second-order valence-corrected chi connectivity index (χ2v) is 4.43. The maximum atomic E-state index is 12.5. The Morgan fingerprint density at radius 3 is 2.50 bits per heavy atom. The second-order valence-electron chi connectivity index (χ2n) is 4.43. The third kappa shape index (κ3) is 4.27. The molecule has 0 unspecified atom stereocenters. The summed E-state index contributed by atoms with van der Waals surface area (Å²) in [6.45, 7) is 1.44. The molecule has 0 aliphatic heterocycles. The van der Waals surface area contributed by atoms with Crippen LogP contribution in [-0.4, -0.2) is 45.2 Å². The second kappa shape index (κ2) is 7.06. The number of carbonyl (C=O) groups is 2. The van der Waals surface area contributed by atoms with Crippen LogP contribution in [0.5, 0.6) is 0 Å². The van der Waals surface area contributed by atoms with Crippen molar-refractivity contribution in [3.8, 4) is 5.69 Å². The SMILES string of the molecule is CCOC(=O)CNC(=O)c1nnn(-c2ccc(C(F)(F)F)cc2)n1. The number of aromatic nitrogens is 4. The molecule has 0 spiro atoms. The van der Waals surface area contributed by atoms with Gasteiger partial charge in [-0.1, -0.05) is 0 Å². The smallest absolute Gasteiger partial charge is 0.416 e. The van der Waals surface area contributed by atoms with Crippen molar-refractivity contribution in [3.63, 3.8) is 0 Å². The van der Waals surface area contributed by atoms with Gasteiger partial charge in [-0.3, -0.25) is 9.59 Å². The average molecular weight is 343 g/mol. The van der Waals surface area contributed by atoms with Gasteiger partial charge in [0.05, 0.1) is 17.9 Å². The monoisotopic (exact) mass is 343 g/mol. The van der Waals surface area contributed by atoms with Crippen molar-refractivity contribution < 1.29 is 27.5 Å². The number of amides is 1. The zero-order chi connectivity index (χ0) is 17.7. The molecule has 1 amide bonds. The number of hydrogen-bond donors (Lipinski definition) is 1. The molecule has 1 aromatic heterocycles. The molecule has 0 fully saturated rings. The maximum Gasteiger partial charge on any atom is 0.416 e. The minimum Gasteiger partial charge on any atom is -0.465 e. The summed E-state index contributed by atoms with van der Waals surface area (Å²) in [5, 5.41) is 13.0. The van der Waals surface area contributed by atoms with Crippen LogP contribution in [0.4, 0.5) is 13.2 Å². The molecule has 0 radical (unpaired) electrons. The Morgan fingerprint density at radius 1 is 1.25 bits per heavy atom. The molecule has 11 heteroatoms. The first kappa shape index (κ1) is 17.4. The zero-order valence-corrected chi connectivity index (χ0v) is 12.4. The molecule has 128 valence electrons. The molecule has 0 aliphatic rings. The Labute approximate surface area is 133 Å². The fraction of sp³-hybridized carbons (Fsp3) is 0.308. The summed E-state index contributed by atoms with van der Waals surface area (Å²) in [5.41, 5.74) is -0.626. The first-order valence-corrected chi connectivity index (χ1v) is 6.72. The lowest BCUT2D eigenvalue weighted by atomic mass is 10.2. The van der Waals surface area contributed by atoms with Gasteiger partial charge in [0, 0.05) is 0 Å². The number of carbonyl (C=O) groups excluding carboxylic acids is 2. The highest BCUT2D eigenvalue weighted by atomic mass is 19.4. The van der Waals surface area contributed by atoms with Crippen LogP contribution in [0.25, 0.3) is 5.69 Å². The van der Waals surface area contributed by atoms with E-state index in [0.29, 0.717) is 0 Å². The van der Waals surface area contributed by atoms with Crippen molar-refractivity contribution in [2.24, 2.45) is 0 Å². The molecule has 8 nitrogen and oxygen atoms in total. The lowest BCUT2D eigenvalue weighted by Crippen LogP contribution is -2.31. The van der Waals surface area contributed by atoms with E-state index in [9.17, 15) is 22.8 Å². The molecule has 0 atom stereocenters. The van der Waals surface area contributed by atoms with Gasteiger partial charge >= 0.3 is 12.1 Å². The molecule has 1 heterocycles. The van der Waals surface area contributed by atoms with E-state index in [2.05, 4.69) is 25.5 Å². The van der Waals surface area contributed by atoms with Crippen molar-refractivity contribution in [1.29, 1.82) is 0 Å². The highest BCUT2D eigenvalue weighted by Gasteiger charge is 2.30. The van der Waals surface area contributed by atoms with Crippen molar-refractivity contribution >= 4 is 11.9 Å². The van der Waals surface area contributed by atoms with Gasteiger partial charge in [-0.05, 0) is 36.4 Å². The normalized spacial score (nSPS) is 11.2. The lowest BCUT2D eigenvalue weighted by molar-refractivity contribution is -0.142. The Kier molecular flexibility index (Phi) is 5.11. The fourth-order valence-corrected chi connectivity index (χ4v) is 1.64. The van der Waals surface area contributed by atoms with E-state index in [0.717, 1.165) is 29.1 Å². The van der Waals surface area contributed by atoms with E-state index in [1.807, 2.05) is 0 Å². The quantitative estimate of drug-likeness (QED) is 0.813. The third-order valence-electron chi connectivity index (χ3n) is 2.74. The van der Waals surface area contributed by atoms with E-state index in [-0.39, 0.29) is 24.7 Å². The number of alkyl halides is 3. The number of tetrazole rings is 1. The van der Waals surface area contributed by atoms with E-state index in [1.54, 1.807) is 6.92 Å². The molecule has 2 rings (SSSR count). The van der Waals surface area contributed by atoms with Crippen LogP contribution < -0.4 is 5.32 Å². The van der Waals surface area contributed by atoms with E-state index >= 15 is 0 Å². The van der Waals surface area contributed by atoms with Gasteiger partial charge < -0.3 is 10.1 Å². The summed E-state index contributed by atoms with van der Waals surface area (Å²) in [6.07, 6.45) is -4.45.